The molecule has 1 atom stereocenters. The summed E-state index contributed by atoms with van der Waals surface area (Å²) < 4.78 is 16.3. The summed E-state index contributed by atoms with van der Waals surface area (Å²) in [5, 5.41) is 3.08. The Morgan fingerprint density at radius 3 is 2.29 bits per heavy atom. The summed E-state index contributed by atoms with van der Waals surface area (Å²) in [6.45, 7) is 6.54. The molecular formula is C27H29N3O5. The maximum Gasteiger partial charge on any atom is 0.289 e. The Bertz CT molecular complexity index is 1180. The number of fused-ring (bicyclic) bond motifs is 1. The Hall–Kier alpha value is -3.78. The van der Waals surface area contributed by atoms with Gasteiger partial charge in [-0.2, -0.15) is 0 Å². The largest absolute Gasteiger partial charge is 0.459 e. The highest BCUT2D eigenvalue weighted by molar-refractivity contribution is 5.96. The van der Waals surface area contributed by atoms with E-state index in [1.807, 2.05) is 42.5 Å². The zero-order valence-electron chi connectivity index (χ0n) is 19.9. The quantitative estimate of drug-likeness (QED) is 0.573. The van der Waals surface area contributed by atoms with Crippen molar-refractivity contribution in [3.05, 3.63) is 77.7 Å². The molecule has 3 aromatic rings. The SMILES string of the molecule is CC(C)c1ccc(NC(=O)[C@H](c2ccc3c(c2)OCO3)N2CCN(C(=O)c3ccco3)CC2)cc1. The average molecular weight is 476 g/mol. The van der Waals surface area contributed by atoms with Crippen molar-refractivity contribution in [2.45, 2.75) is 25.8 Å². The standard InChI is InChI=1S/C27H29N3O5/c1-18(2)19-5-8-21(9-6-19)28-26(31)25(20-7-10-22-24(16-20)35-17-34-22)29-11-13-30(14-12-29)27(32)23-4-3-15-33-23/h3-10,15-16,18,25H,11-14,17H2,1-2H3,(H,28,31)/t25-/m0/s1. The molecule has 1 N–H and O–H groups in total. The highest BCUT2D eigenvalue weighted by atomic mass is 16.7. The van der Waals surface area contributed by atoms with Gasteiger partial charge >= 0.3 is 0 Å². The zero-order chi connectivity index (χ0) is 24.4. The maximum atomic E-state index is 13.6. The van der Waals surface area contributed by atoms with E-state index in [9.17, 15) is 9.59 Å². The van der Waals surface area contributed by atoms with Gasteiger partial charge in [0.25, 0.3) is 5.91 Å². The van der Waals surface area contributed by atoms with Gasteiger partial charge in [-0.05, 0) is 53.4 Å². The molecule has 0 radical (unpaired) electrons. The summed E-state index contributed by atoms with van der Waals surface area (Å²) in [7, 11) is 0. The van der Waals surface area contributed by atoms with Crippen molar-refractivity contribution in [2.75, 3.05) is 38.3 Å². The molecule has 2 aromatic carbocycles. The molecule has 0 unspecified atom stereocenters. The van der Waals surface area contributed by atoms with Crippen LogP contribution in [0.15, 0.2) is 65.3 Å². The Morgan fingerprint density at radius 1 is 0.886 bits per heavy atom. The molecule has 1 saturated heterocycles. The van der Waals surface area contributed by atoms with Crippen molar-refractivity contribution in [2.24, 2.45) is 0 Å². The minimum absolute atomic E-state index is 0.132. The number of anilines is 1. The molecule has 2 amide bonds. The van der Waals surface area contributed by atoms with E-state index in [-0.39, 0.29) is 18.6 Å². The lowest BCUT2D eigenvalue weighted by Gasteiger charge is -2.38. The van der Waals surface area contributed by atoms with Gasteiger partial charge in [0.15, 0.2) is 17.3 Å². The molecule has 182 valence electrons. The molecule has 0 aliphatic carbocycles. The van der Waals surface area contributed by atoms with Crippen molar-refractivity contribution in [1.29, 1.82) is 0 Å². The van der Waals surface area contributed by atoms with Crippen molar-refractivity contribution < 1.29 is 23.5 Å². The third-order valence-electron chi connectivity index (χ3n) is 6.50. The molecule has 8 nitrogen and oxygen atoms in total. The average Bonchev–Trinajstić information content (AvgIpc) is 3.57. The fourth-order valence-electron chi connectivity index (χ4n) is 4.51. The van der Waals surface area contributed by atoms with Crippen LogP contribution in [0.4, 0.5) is 5.69 Å². The van der Waals surface area contributed by atoms with Crippen molar-refractivity contribution >= 4 is 17.5 Å². The summed E-state index contributed by atoms with van der Waals surface area (Å²) in [5.41, 5.74) is 2.78. The summed E-state index contributed by atoms with van der Waals surface area (Å²) in [4.78, 5) is 30.2. The predicted molar refractivity (Wildman–Crippen MR) is 131 cm³/mol. The minimum Gasteiger partial charge on any atom is -0.459 e. The maximum absolute atomic E-state index is 13.6. The number of ether oxygens (including phenoxy) is 2. The number of rotatable bonds is 6. The van der Waals surface area contributed by atoms with Gasteiger partial charge in [-0.3, -0.25) is 14.5 Å². The molecule has 5 rings (SSSR count). The van der Waals surface area contributed by atoms with Crippen LogP contribution in [0.5, 0.6) is 11.5 Å². The van der Waals surface area contributed by atoms with E-state index in [1.54, 1.807) is 17.0 Å². The summed E-state index contributed by atoms with van der Waals surface area (Å²) in [5.74, 6) is 1.78. The molecule has 0 bridgehead atoms. The molecule has 8 heteroatoms. The number of carbonyl (C=O) groups is 2. The second-order valence-corrected chi connectivity index (χ2v) is 9.09. The number of carbonyl (C=O) groups excluding carboxylic acids is 2. The van der Waals surface area contributed by atoms with Gasteiger partial charge in [-0.25, -0.2) is 0 Å². The summed E-state index contributed by atoms with van der Waals surface area (Å²) >= 11 is 0. The smallest absolute Gasteiger partial charge is 0.289 e. The molecular weight excluding hydrogens is 446 g/mol. The number of nitrogens with one attached hydrogen (secondary N) is 1. The zero-order valence-corrected chi connectivity index (χ0v) is 19.9. The first kappa shape index (κ1) is 23.0. The Morgan fingerprint density at radius 2 is 1.60 bits per heavy atom. The van der Waals surface area contributed by atoms with Crippen molar-refractivity contribution in [3.8, 4) is 11.5 Å². The van der Waals surface area contributed by atoms with Crippen LogP contribution in [0.1, 0.15) is 47.5 Å². The number of benzene rings is 2. The van der Waals surface area contributed by atoms with Crippen LogP contribution in [-0.4, -0.2) is 54.6 Å². The first-order valence-corrected chi connectivity index (χ1v) is 11.9. The van der Waals surface area contributed by atoms with Crippen molar-refractivity contribution in [1.82, 2.24) is 9.80 Å². The van der Waals surface area contributed by atoms with Gasteiger partial charge in [-0.1, -0.05) is 32.0 Å². The van der Waals surface area contributed by atoms with E-state index in [4.69, 9.17) is 13.9 Å². The molecule has 0 saturated carbocycles. The predicted octanol–water partition coefficient (Wildman–Crippen LogP) is 4.27. The topological polar surface area (TPSA) is 84.3 Å². The molecule has 1 aromatic heterocycles. The third kappa shape index (κ3) is 4.88. The van der Waals surface area contributed by atoms with E-state index in [0.717, 1.165) is 11.3 Å². The third-order valence-corrected chi connectivity index (χ3v) is 6.50. The molecule has 2 aliphatic rings. The minimum atomic E-state index is -0.546. The van der Waals surface area contributed by atoms with E-state index in [0.29, 0.717) is 49.4 Å². The fraction of sp³-hybridized carbons (Fsp3) is 0.333. The van der Waals surface area contributed by atoms with Gasteiger partial charge in [0.2, 0.25) is 12.7 Å². The van der Waals surface area contributed by atoms with Crippen LogP contribution in [-0.2, 0) is 4.79 Å². The molecule has 3 heterocycles. The Kier molecular flexibility index (Phi) is 6.46. The van der Waals surface area contributed by atoms with Gasteiger partial charge in [0, 0.05) is 31.9 Å². The molecule has 35 heavy (non-hydrogen) atoms. The van der Waals surface area contributed by atoms with Crippen LogP contribution >= 0.6 is 0 Å². The lowest BCUT2D eigenvalue weighted by molar-refractivity contribution is -0.122. The fourth-order valence-corrected chi connectivity index (χ4v) is 4.51. The number of amides is 2. The lowest BCUT2D eigenvalue weighted by Crippen LogP contribution is -2.51. The van der Waals surface area contributed by atoms with Crippen LogP contribution in [0, 0.1) is 0 Å². The first-order chi connectivity index (χ1) is 17.0. The highest BCUT2D eigenvalue weighted by Gasteiger charge is 2.33. The van der Waals surface area contributed by atoms with E-state index < -0.39 is 6.04 Å². The van der Waals surface area contributed by atoms with Crippen LogP contribution in [0.3, 0.4) is 0 Å². The van der Waals surface area contributed by atoms with Gasteiger partial charge < -0.3 is 24.1 Å². The normalized spacial score (nSPS) is 16.4. The van der Waals surface area contributed by atoms with Crippen LogP contribution in [0.2, 0.25) is 0 Å². The van der Waals surface area contributed by atoms with Gasteiger partial charge in [-0.15, -0.1) is 0 Å². The second-order valence-electron chi connectivity index (χ2n) is 9.09. The summed E-state index contributed by atoms with van der Waals surface area (Å²) in [6.07, 6.45) is 1.50. The number of hydrogen-bond donors (Lipinski definition) is 1. The lowest BCUT2D eigenvalue weighted by atomic mass is 10.0. The van der Waals surface area contributed by atoms with Crippen LogP contribution < -0.4 is 14.8 Å². The molecule has 2 aliphatic heterocycles. The van der Waals surface area contributed by atoms with Gasteiger partial charge in [0.1, 0.15) is 6.04 Å². The molecule has 1 fully saturated rings. The van der Waals surface area contributed by atoms with Crippen LogP contribution in [0.25, 0.3) is 0 Å². The van der Waals surface area contributed by atoms with Gasteiger partial charge in [0.05, 0.1) is 6.26 Å². The Labute approximate surface area is 204 Å². The first-order valence-electron chi connectivity index (χ1n) is 11.9. The monoisotopic (exact) mass is 475 g/mol. The Balaban J connectivity index is 1.35. The number of nitrogens with zero attached hydrogens (tertiary/aromatic N) is 2. The number of piperazine rings is 1. The van der Waals surface area contributed by atoms with E-state index in [1.165, 1.54) is 11.8 Å². The summed E-state index contributed by atoms with van der Waals surface area (Å²) in [6, 6.07) is 16.4. The number of hydrogen-bond acceptors (Lipinski definition) is 6. The van der Waals surface area contributed by atoms with E-state index in [2.05, 4.69) is 24.1 Å². The number of furan rings is 1. The van der Waals surface area contributed by atoms with E-state index >= 15 is 0 Å². The second kappa shape index (κ2) is 9.84. The molecule has 0 spiro atoms. The highest BCUT2D eigenvalue weighted by Crippen LogP contribution is 2.36. The van der Waals surface area contributed by atoms with Crippen molar-refractivity contribution in [3.63, 3.8) is 0 Å².